The minimum absolute atomic E-state index is 0.0126. The lowest BCUT2D eigenvalue weighted by molar-refractivity contribution is -0.384. The van der Waals surface area contributed by atoms with Crippen molar-refractivity contribution in [1.29, 1.82) is 0 Å². The summed E-state index contributed by atoms with van der Waals surface area (Å²) in [5, 5.41) is 13.7. The van der Waals surface area contributed by atoms with E-state index in [4.69, 9.17) is 0 Å². The SMILES string of the molecule is Cc1cccc(Nc2ccc(C(F)(F)F)cc2[N+](=O)[O-])c1. The molecule has 0 radical (unpaired) electrons. The molecule has 0 saturated carbocycles. The summed E-state index contributed by atoms with van der Waals surface area (Å²) in [6, 6.07) is 9.39. The fourth-order valence-electron chi connectivity index (χ4n) is 1.84. The van der Waals surface area contributed by atoms with Crippen LogP contribution in [0.2, 0.25) is 0 Å². The van der Waals surface area contributed by atoms with Gasteiger partial charge in [-0.2, -0.15) is 13.2 Å². The van der Waals surface area contributed by atoms with Crippen LogP contribution in [0.3, 0.4) is 0 Å². The van der Waals surface area contributed by atoms with Crippen molar-refractivity contribution in [3.63, 3.8) is 0 Å². The molecule has 7 heteroatoms. The van der Waals surface area contributed by atoms with Crippen LogP contribution >= 0.6 is 0 Å². The number of rotatable bonds is 3. The molecular weight excluding hydrogens is 285 g/mol. The molecule has 0 saturated heterocycles. The average molecular weight is 296 g/mol. The van der Waals surface area contributed by atoms with Gasteiger partial charge in [0.25, 0.3) is 5.69 Å². The maximum Gasteiger partial charge on any atom is 0.416 e. The van der Waals surface area contributed by atoms with Gasteiger partial charge >= 0.3 is 6.18 Å². The Morgan fingerprint density at radius 3 is 2.43 bits per heavy atom. The Morgan fingerprint density at radius 2 is 1.86 bits per heavy atom. The van der Waals surface area contributed by atoms with E-state index >= 15 is 0 Å². The Bertz CT molecular complexity index is 684. The third-order valence-electron chi connectivity index (χ3n) is 2.82. The third-order valence-corrected chi connectivity index (χ3v) is 2.82. The number of nitrogens with one attached hydrogen (secondary N) is 1. The summed E-state index contributed by atoms with van der Waals surface area (Å²) in [6.45, 7) is 1.84. The van der Waals surface area contributed by atoms with Crippen LogP contribution in [0.25, 0.3) is 0 Å². The molecule has 0 heterocycles. The molecule has 0 unspecified atom stereocenters. The fourth-order valence-corrected chi connectivity index (χ4v) is 1.84. The summed E-state index contributed by atoms with van der Waals surface area (Å²) in [4.78, 5) is 10.1. The zero-order valence-corrected chi connectivity index (χ0v) is 10.9. The molecule has 0 amide bonds. The molecule has 2 aromatic carbocycles. The summed E-state index contributed by atoms with van der Waals surface area (Å²) in [5.41, 5.74) is -0.165. The molecule has 0 spiro atoms. The maximum atomic E-state index is 12.6. The van der Waals surface area contributed by atoms with Crippen LogP contribution in [0.4, 0.5) is 30.2 Å². The van der Waals surface area contributed by atoms with Crippen molar-refractivity contribution in [1.82, 2.24) is 0 Å². The second kappa shape index (κ2) is 5.43. The van der Waals surface area contributed by atoms with Gasteiger partial charge in [0.15, 0.2) is 0 Å². The normalized spacial score (nSPS) is 11.2. The van der Waals surface area contributed by atoms with Crippen molar-refractivity contribution in [2.45, 2.75) is 13.1 Å². The van der Waals surface area contributed by atoms with Crippen molar-refractivity contribution in [2.24, 2.45) is 0 Å². The number of aryl methyl sites for hydroxylation is 1. The molecule has 110 valence electrons. The lowest BCUT2D eigenvalue weighted by Crippen LogP contribution is -2.06. The first-order chi connectivity index (χ1) is 9.77. The molecule has 1 N–H and O–H groups in total. The van der Waals surface area contributed by atoms with Crippen molar-refractivity contribution < 1.29 is 18.1 Å². The van der Waals surface area contributed by atoms with Gasteiger partial charge < -0.3 is 5.32 Å². The monoisotopic (exact) mass is 296 g/mol. The number of hydrogen-bond donors (Lipinski definition) is 1. The van der Waals surface area contributed by atoms with Crippen LogP contribution in [0.5, 0.6) is 0 Å². The Balaban J connectivity index is 2.42. The van der Waals surface area contributed by atoms with Gasteiger partial charge in [-0.25, -0.2) is 0 Å². The molecule has 0 atom stereocenters. The highest BCUT2D eigenvalue weighted by Crippen LogP contribution is 2.36. The summed E-state index contributed by atoms with van der Waals surface area (Å²) in [6.07, 6.45) is -4.62. The van der Waals surface area contributed by atoms with Crippen molar-refractivity contribution in [3.8, 4) is 0 Å². The zero-order valence-electron chi connectivity index (χ0n) is 10.9. The van der Waals surface area contributed by atoms with Crippen LogP contribution < -0.4 is 5.32 Å². The largest absolute Gasteiger partial charge is 0.416 e. The van der Waals surface area contributed by atoms with Gasteiger partial charge in [0.05, 0.1) is 10.5 Å². The summed E-state index contributed by atoms with van der Waals surface area (Å²) in [5.74, 6) is 0. The van der Waals surface area contributed by atoms with Gasteiger partial charge in [-0.3, -0.25) is 10.1 Å². The zero-order chi connectivity index (χ0) is 15.6. The van der Waals surface area contributed by atoms with Crippen LogP contribution in [-0.2, 0) is 6.18 Å². The first-order valence-electron chi connectivity index (χ1n) is 5.97. The van der Waals surface area contributed by atoms with Crippen LogP contribution in [0, 0.1) is 17.0 Å². The standard InChI is InChI=1S/C14H11F3N2O2/c1-9-3-2-4-11(7-9)18-12-6-5-10(14(15,16)17)8-13(12)19(20)21/h2-8,18H,1H3. The Labute approximate surface area is 118 Å². The number of hydrogen-bond acceptors (Lipinski definition) is 3. The molecular formula is C14H11F3N2O2. The van der Waals surface area contributed by atoms with Gasteiger partial charge in [0.2, 0.25) is 0 Å². The Hall–Kier alpha value is -2.57. The number of nitro benzene ring substituents is 1. The minimum atomic E-state index is -4.62. The van der Waals surface area contributed by atoms with E-state index < -0.39 is 22.4 Å². The van der Waals surface area contributed by atoms with E-state index in [1.807, 2.05) is 13.0 Å². The molecule has 0 aliphatic rings. The average Bonchev–Trinajstić information content (AvgIpc) is 2.37. The minimum Gasteiger partial charge on any atom is -0.350 e. The van der Waals surface area contributed by atoms with Gasteiger partial charge in [-0.15, -0.1) is 0 Å². The number of nitrogens with zero attached hydrogens (tertiary/aromatic N) is 1. The highest BCUT2D eigenvalue weighted by molar-refractivity contribution is 5.70. The van der Waals surface area contributed by atoms with Crippen LogP contribution in [0.15, 0.2) is 42.5 Å². The molecule has 2 aromatic rings. The molecule has 0 aromatic heterocycles. The van der Waals surface area contributed by atoms with Crippen molar-refractivity contribution in [3.05, 3.63) is 63.7 Å². The van der Waals surface area contributed by atoms with Gasteiger partial charge in [0, 0.05) is 11.8 Å². The second-order valence-electron chi connectivity index (χ2n) is 4.48. The van der Waals surface area contributed by atoms with E-state index in [0.717, 1.165) is 17.7 Å². The molecule has 2 rings (SSSR count). The third kappa shape index (κ3) is 3.50. The Kier molecular flexibility index (Phi) is 3.84. The highest BCUT2D eigenvalue weighted by atomic mass is 19.4. The topological polar surface area (TPSA) is 55.2 Å². The summed E-state index contributed by atoms with van der Waals surface area (Å²) in [7, 11) is 0. The number of halogens is 3. The number of alkyl halides is 3. The van der Waals surface area contributed by atoms with E-state index in [2.05, 4.69) is 5.32 Å². The Morgan fingerprint density at radius 1 is 1.14 bits per heavy atom. The molecule has 21 heavy (non-hydrogen) atoms. The van der Waals surface area contributed by atoms with Crippen LogP contribution in [0.1, 0.15) is 11.1 Å². The molecule has 0 fully saturated rings. The lowest BCUT2D eigenvalue weighted by Gasteiger charge is -2.11. The molecule has 4 nitrogen and oxygen atoms in total. The number of nitro groups is 1. The van der Waals surface area contributed by atoms with Gasteiger partial charge in [0.1, 0.15) is 5.69 Å². The molecule has 0 aliphatic carbocycles. The molecule has 0 bridgehead atoms. The smallest absolute Gasteiger partial charge is 0.350 e. The van der Waals surface area contributed by atoms with Gasteiger partial charge in [-0.1, -0.05) is 12.1 Å². The van der Waals surface area contributed by atoms with E-state index in [0.29, 0.717) is 11.8 Å². The predicted molar refractivity (Wildman–Crippen MR) is 72.6 cm³/mol. The summed E-state index contributed by atoms with van der Waals surface area (Å²) < 4.78 is 37.8. The number of anilines is 2. The quantitative estimate of drug-likeness (QED) is 0.661. The first-order valence-corrected chi connectivity index (χ1v) is 5.97. The van der Waals surface area contributed by atoms with E-state index in [9.17, 15) is 23.3 Å². The van der Waals surface area contributed by atoms with Crippen molar-refractivity contribution in [2.75, 3.05) is 5.32 Å². The van der Waals surface area contributed by atoms with Gasteiger partial charge in [-0.05, 0) is 36.8 Å². The first kappa shape index (κ1) is 14.8. The summed E-state index contributed by atoms with van der Waals surface area (Å²) >= 11 is 0. The van der Waals surface area contributed by atoms with Crippen molar-refractivity contribution >= 4 is 17.1 Å². The second-order valence-corrected chi connectivity index (χ2v) is 4.48. The predicted octanol–water partition coefficient (Wildman–Crippen LogP) is 4.67. The van der Waals surface area contributed by atoms with E-state index in [1.54, 1.807) is 18.2 Å². The lowest BCUT2D eigenvalue weighted by atomic mass is 10.1. The van der Waals surface area contributed by atoms with Crippen LogP contribution in [-0.4, -0.2) is 4.92 Å². The van der Waals surface area contributed by atoms with E-state index in [-0.39, 0.29) is 5.69 Å². The maximum absolute atomic E-state index is 12.6. The number of benzene rings is 2. The fraction of sp³-hybridized carbons (Fsp3) is 0.143. The molecule has 0 aliphatic heterocycles. The highest BCUT2D eigenvalue weighted by Gasteiger charge is 2.33. The van der Waals surface area contributed by atoms with E-state index in [1.165, 1.54) is 0 Å².